The van der Waals surface area contributed by atoms with Gasteiger partial charge in [-0.25, -0.2) is 0 Å². The van der Waals surface area contributed by atoms with E-state index in [0.29, 0.717) is 22.5 Å². The number of aliphatic hydroxyl groups is 1. The average molecular weight is 265 g/mol. The number of aliphatic hydroxyl groups excluding tert-OH is 1. The molecule has 3 heteroatoms. The quantitative estimate of drug-likeness (QED) is 0.878. The van der Waals surface area contributed by atoms with E-state index in [4.69, 9.17) is 0 Å². The predicted octanol–water partition coefficient (Wildman–Crippen LogP) is 2.94. The number of thioether (sulfide) groups is 1. The van der Waals surface area contributed by atoms with Crippen molar-refractivity contribution < 1.29 is 5.11 Å². The van der Waals surface area contributed by atoms with E-state index < -0.39 is 0 Å². The molecule has 0 fully saturated rings. The molecule has 2 rings (SSSR count). The van der Waals surface area contributed by atoms with Gasteiger partial charge < -0.3 is 10.4 Å². The minimum atomic E-state index is 0.258. The van der Waals surface area contributed by atoms with Crippen molar-refractivity contribution in [3.8, 4) is 0 Å². The van der Waals surface area contributed by atoms with Crippen LogP contribution >= 0.6 is 11.8 Å². The van der Waals surface area contributed by atoms with Crippen LogP contribution in [0.2, 0.25) is 0 Å². The summed E-state index contributed by atoms with van der Waals surface area (Å²) in [6.45, 7) is 4.66. The molecule has 0 bridgehead atoms. The Kier molecular flexibility index (Phi) is 4.71. The second kappa shape index (κ2) is 6.09. The number of fused-ring (bicyclic) bond motifs is 1. The molecule has 4 atom stereocenters. The number of nitrogens with one attached hydrogen (secondary N) is 1. The van der Waals surface area contributed by atoms with Gasteiger partial charge in [-0.2, -0.15) is 11.8 Å². The van der Waals surface area contributed by atoms with Crippen LogP contribution in [0.1, 0.15) is 43.4 Å². The van der Waals surface area contributed by atoms with Crippen molar-refractivity contribution in [2.45, 2.75) is 42.7 Å². The normalized spacial score (nSPS) is 28.8. The second-order valence-electron chi connectivity index (χ2n) is 5.20. The lowest BCUT2D eigenvalue weighted by molar-refractivity contribution is 0.299. The lowest BCUT2D eigenvalue weighted by atomic mass is 9.81. The summed E-state index contributed by atoms with van der Waals surface area (Å²) in [5.74, 6) is 0.606. The summed E-state index contributed by atoms with van der Waals surface area (Å²) in [4.78, 5) is 0. The fourth-order valence-electron chi connectivity index (χ4n) is 2.87. The smallest absolute Gasteiger partial charge is 0.0547 e. The Morgan fingerprint density at radius 2 is 2.06 bits per heavy atom. The molecular formula is C15H23NOS. The van der Waals surface area contributed by atoms with Crippen LogP contribution in [-0.2, 0) is 0 Å². The van der Waals surface area contributed by atoms with Crippen molar-refractivity contribution >= 4 is 11.8 Å². The van der Waals surface area contributed by atoms with Crippen molar-refractivity contribution in [1.82, 2.24) is 5.32 Å². The van der Waals surface area contributed by atoms with E-state index in [2.05, 4.69) is 43.4 Å². The summed E-state index contributed by atoms with van der Waals surface area (Å²) in [5, 5.41) is 13.6. The largest absolute Gasteiger partial charge is 0.395 e. The maximum absolute atomic E-state index is 9.24. The SMILES string of the molecule is CNC1c2ccccc2C(C)CC1SC(C)CO. The van der Waals surface area contributed by atoms with Gasteiger partial charge in [-0.15, -0.1) is 0 Å². The summed E-state index contributed by atoms with van der Waals surface area (Å²) < 4.78 is 0. The third-order valence-corrected chi connectivity index (χ3v) is 5.22. The van der Waals surface area contributed by atoms with Gasteiger partial charge in [0.05, 0.1) is 6.61 Å². The molecule has 0 aromatic heterocycles. The third-order valence-electron chi connectivity index (χ3n) is 3.79. The first-order valence-corrected chi connectivity index (χ1v) is 7.64. The van der Waals surface area contributed by atoms with E-state index in [0.717, 1.165) is 0 Å². The molecule has 0 radical (unpaired) electrons. The molecule has 0 saturated carbocycles. The minimum absolute atomic E-state index is 0.258. The van der Waals surface area contributed by atoms with Gasteiger partial charge in [0, 0.05) is 16.5 Å². The van der Waals surface area contributed by atoms with E-state index in [1.807, 2.05) is 18.8 Å². The molecule has 2 nitrogen and oxygen atoms in total. The van der Waals surface area contributed by atoms with Gasteiger partial charge >= 0.3 is 0 Å². The summed E-state index contributed by atoms with van der Waals surface area (Å²) in [7, 11) is 2.04. The molecule has 0 aliphatic heterocycles. The van der Waals surface area contributed by atoms with Crippen LogP contribution in [0.4, 0.5) is 0 Å². The summed E-state index contributed by atoms with van der Waals surface area (Å²) in [5.41, 5.74) is 2.91. The van der Waals surface area contributed by atoms with Crippen LogP contribution in [0, 0.1) is 0 Å². The van der Waals surface area contributed by atoms with Crippen molar-refractivity contribution in [3.63, 3.8) is 0 Å². The molecule has 0 amide bonds. The number of benzene rings is 1. The lowest BCUT2D eigenvalue weighted by Gasteiger charge is -2.37. The fraction of sp³-hybridized carbons (Fsp3) is 0.600. The topological polar surface area (TPSA) is 32.3 Å². The van der Waals surface area contributed by atoms with E-state index in [-0.39, 0.29) is 6.61 Å². The Morgan fingerprint density at radius 3 is 2.67 bits per heavy atom. The van der Waals surface area contributed by atoms with Gasteiger partial charge in [-0.3, -0.25) is 0 Å². The van der Waals surface area contributed by atoms with E-state index in [9.17, 15) is 5.11 Å². The maximum Gasteiger partial charge on any atom is 0.0547 e. The number of rotatable bonds is 4. The molecular weight excluding hydrogens is 242 g/mol. The Bertz CT molecular complexity index is 396. The predicted molar refractivity (Wildman–Crippen MR) is 79.2 cm³/mol. The van der Waals surface area contributed by atoms with Crippen LogP contribution in [0.5, 0.6) is 0 Å². The van der Waals surface area contributed by atoms with Crippen LogP contribution in [-0.4, -0.2) is 29.3 Å². The number of hydrogen-bond donors (Lipinski definition) is 2. The van der Waals surface area contributed by atoms with Gasteiger partial charge in [0.1, 0.15) is 0 Å². The highest BCUT2D eigenvalue weighted by molar-refractivity contribution is 8.00. The van der Waals surface area contributed by atoms with Crippen LogP contribution < -0.4 is 5.32 Å². The second-order valence-corrected chi connectivity index (χ2v) is 6.88. The molecule has 18 heavy (non-hydrogen) atoms. The van der Waals surface area contributed by atoms with Crippen molar-refractivity contribution in [1.29, 1.82) is 0 Å². The van der Waals surface area contributed by atoms with Crippen molar-refractivity contribution in [3.05, 3.63) is 35.4 Å². The Morgan fingerprint density at radius 1 is 1.39 bits per heavy atom. The Balaban J connectivity index is 2.25. The summed E-state index contributed by atoms with van der Waals surface area (Å²) in [6, 6.07) is 9.14. The van der Waals surface area contributed by atoms with Crippen molar-refractivity contribution in [2.24, 2.45) is 0 Å². The molecule has 100 valence electrons. The van der Waals surface area contributed by atoms with Gasteiger partial charge in [0.2, 0.25) is 0 Å². The third kappa shape index (κ3) is 2.73. The van der Waals surface area contributed by atoms with Gasteiger partial charge in [0.25, 0.3) is 0 Å². The Labute approximate surface area is 114 Å². The number of hydrogen-bond acceptors (Lipinski definition) is 3. The van der Waals surface area contributed by atoms with Crippen LogP contribution in [0.25, 0.3) is 0 Å². The molecule has 4 unspecified atom stereocenters. The zero-order valence-electron chi connectivity index (χ0n) is 11.4. The zero-order valence-corrected chi connectivity index (χ0v) is 12.2. The highest BCUT2D eigenvalue weighted by Crippen LogP contribution is 2.43. The van der Waals surface area contributed by atoms with Crippen LogP contribution in [0.15, 0.2) is 24.3 Å². The first kappa shape index (κ1) is 13.9. The highest BCUT2D eigenvalue weighted by atomic mass is 32.2. The molecule has 1 aromatic carbocycles. The van der Waals surface area contributed by atoms with Gasteiger partial charge in [-0.1, -0.05) is 38.1 Å². The Hall–Kier alpha value is -0.510. The molecule has 0 heterocycles. The first-order valence-electron chi connectivity index (χ1n) is 6.69. The highest BCUT2D eigenvalue weighted by Gasteiger charge is 2.33. The molecule has 1 aliphatic carbocycles. The van der Waals surface area contributed by atoms with E-state index in [1.165, 1.54) is 17.5 Å². The first-order chi connectivity index (χ1) is 8.67. The summed E-state index contributed by atoms with van der Waals surface area (Å²) in [6.07, 6.45) is 1.18. The van der Waals surface area contributed by atoms with Crippen LogP contribution in [0.3, 0.4) is 0 Å². The molecule has 1 aliphatic rings. The fourth-order valence-corrected chi connectivity index (χ4v) is 4.39. The lowest BCUT2D eigenvalue weighted by Crippen LogP contribution is -2.34. The molecule has 2 N–H and O–H groups in total. The average Bonchev–Trinajstić information content (AvgIpc) is 2.39. The maximum atomic E-state index is 9.24. The minimum Gasteiger partial charge on any atom is -0.395 e. The monoisotopic (exact) mass is 265 g/mol. The molecule has 1 aromatic rings. The van der Waals surface area contributed by atoms with E-state index >= 15 is 0 Å². The summed E-state index contributed by atoms with van der Waals surface area (Å²) >= 11 is 1.91. The molecule has 0 saturated heterocycles. The van der Waals surface area contributed by atoms with Gasteiger partial charge in [0.15, 0.2) is 0 Å². The van der Waals surface area contributed by atoms with Crippen molar-refractivity contribution in [2.75, 3.05) is 13.7 Å². The zero-order chi connectivity index (χ0) is 13.1. The molecule has 0 spiro atoms. The van der Waals surface area contributed by atoms with E-state index in [1.54, 1.807) is 0 Å². The van der Waals surface area contributed by atoms with Gasteiger partial charge in [-0.05, 0) is 30.5 Å². The standard InChI is InChI=1S/C15H23NOS/c1-10-8-14(18-11(2)9-17)15(16-3)13-7-5-4-6-12(10)13/h4-7,10-11,14-17H,8-9H2,1-3H3.